The Kier molecular flexibility index (Phi) is 7.22. The number of aryl methyl sites for hydroxylation is 1. The largest absolute Gasteiger partial charge is 0.496 e. The molecule has 4 rings (SSSR count). The van der Waals surface area contributed by atoms with Crippen LogP contribution in [0.2, 0.25) is 5.02 Å². The number of rotatable bonds is 9. The fourth-order valence-corrected chi connectivity index (χ4v) is 4.82. The van der Waals surface area contributed by atoms with Gasteiger partial charge < -0.3 is 14.8 Å². The van der Waals surface area contributed by atoms with E-state index in [2.05, 4.69) is 24.3 Å². The number of aromatic nitrogens is 2. The van der Waals surface area contributed by atoms with Gasteiger partial charge in [0.25, 0.3) is 5.91 Å². The predicted molar refractivity (Wildman–Crippen MR) is 131 cm³/mol. The second-order valence-electron chi connectivity index (χ2n) is 10.1. The van der Waals surface area contributed by atoms with Gasteiger partial charge in [-0.15, -0.1) is 0 Å². The van der Waals surface area contributed by atoms with Crippen molar-refractivity contribution in [2.45, 2.75) is 65.8 Å². The molecular weight excluding hydrogens is 438 g/mol. The van der Waals surface area contributed by atoms with Gasteiger partial charge in [0.15, 0.2) is 5.69 Å². The summed E-state index contributed by atoms with van der Waals surface area (Å²) >= 11 is 6.75. The fourth-order valence-electron chi connectivity index (χ4n) is 4.50. The summed E-state index contributed by atoms with van der Waals surface area (Å²) in [5, 5.41) is 7.96. The average molecular weight is 474 g/mol. The zero-order valence-corrected chi connectivity index (χ0v) is 21.0. The average Bonchev–Trinajstić information content (AvgIpc) is 3.47. The van der Waals surface area contributed by atoms with Gasteiger partial charge in [-0.25, -0.2) is 0 Å². The molecule has 2 fully saturated rings. The van der Waals surface area contributed by atoms with Gasteiger partial charge in [-0.3, -0.25) is 9.48 Å². The molecule has 2 aliphatic rings. The van der Waals surface area contributed by atoms with Gasteiger partial charge in [-0.05, 0) is 56.6 Å². The maximum Gasteiger partial charge on any atom is 0.273 e. The lowest BCUT2D eigenvalue weighted by atomic mass is 9.83. The number of halogens is 1. The van der Waals surface area contributed by atoms with Crippen LogP contribution < -0.4 is 14.8 Å². The molecule has 1 N–H and O–H groups in total. The molecule has 2 saturated carbocycles. The van der Waals surface area contributed by atoms with E-state index in [1.54, 1.807) is 11.8 Å². The van der Waals surface area contributed by atoms with Crippen molar-refractivity contribution in [3.8, 4) is 22.8 Å². The fraction of sp³-hybridized carbons (Fsp3) is 0.615. The number of carbonyl (C=O) groups is 1. The number of hydrogen-bond acceptors (Lipinski definition) is 4. The number of carbonyl (C=O) groups excluding carboxylic acids is 1. The minimum absolute atomic E-state index is 0.219. The molecule has 7 heteroatoms. The van der Waals surface area contributed by atoms with Gasteiger partial charge in [0.05, 0.1) is 24.4 Å². The highest BCUT2D eigenvalue weighted by Crippen LogP contribution is 2.45. The summed E-state index contributed by atoms with van der Waals surface area (Å²) in [6.07, 6.45) is 7.20. The van der Waals surface area contributed by atoms with Crippen molar-refractivity contribution in [1.29, 1.82) is 0 Å². The Hall–Kier alpha value is -2.21. The molecule has 2 aromatic rings. The van der Waals surface area contributed by atoms with Crippen LogP contribution in [0.25, 0.3) is 11.3 Å². The van der Waals surface area contributed by atoms with E-state index in [0.29, 0.717) is 47.5 Å². The standard InChI is InChI=1S/C26H36ClN3O3/c1-5-30-24(20-11-10-19(14-21(20)32-4)33-16-26(3)12-13-26)22(27)23(29-30)25(31)28-15-18-8-6-17(2)7-9-18/h10-11,14,17-18H,5-9,12-13,15-16H2,1-4H3,(H,28,31). The first-order chi connectivity index (χ1) is 15.8. The SMILES string of the molecule is CCn1nc(C(=O)NCC2CCC(C)CC2)c(Cl)c1-c1ccc(OCC2(C)CC2)cc1OC. The monoisotopic (exact) mass is 473 g/mol. The summed E-state index contributed by atoms with van der Waals surface area (Å²) in [5.74, 6) is 2.51. The third-order valence-corrected chi connectivity index (χ3v) is 7.57. The van der Waals surface area contributed by atoms with E-state index >= 15 is 0 Å². The molecule has 1 aromatic carbocycles. The molecule has 0 saturated heterocycles. The van der Waals surface area contributed by atoms with Crippen LogP contribution in [0.15, 0.2) is 18.2 Å². The smallest absolute Gasteiger partial charge is 0.273 e. The molecule has 1 heterocycles. The van der Waals surface area contributed by atoms with Crippen molar-refractivity contribution in [2.24, 2.45) is 17.3 Å². The third kappa shape index (κ3) is 5.48. The first-order valence-corrected chi connectivity index (χ1v) is 12.6. The highest BCUT2D eigenvalue weighted by molar-refractivity contribution is 6.36. The minimum Gasteiger partial charge on any atom is -0.496 e. The minimum atomic E-state index is -0.219. The Morgan fingerprint density at radius 3 is 2.64 bits per heavy atom. The molecule has 0 unspecified atom stereocenters. The zero-order valence-electron chi connectivity index (χ0n) is 20.2. The number of amides is 1. The van der Waals surface area contributed by atoms with Crippen LogP contribution >= 0.6 is 11.6 Å². The topological polar surface area (TPSA) is 65.4 Å². The van der Waals surface area contributed by atoms with Crippen molar-refractivity contribution in [2.75, 3.05) is 20.3 Å². The van der Waals surface area contributed by atoms with Crippen LogP contribution in [0.1, 0.15) is 69.8 Å². The number of benzene rings is 1. The molecule has 2 aliphatic carbocycles. The van der Waals surface area contributed by atoms with Crippen LogP contribution in [0.5, 0.6) is 11.5 Å². The molecule has 180 valence electrons. The summed E-state index contributed by atoms with van der Waals surface area (Å²) in [5.41, 5.74) is 2.05. The second kappa shape index (κ2) is 9.96. The lowest BCUT2D eigenvalue weighted by Gasteiger charge is -2.26. The normalized spacial score (nSPS) is 21.5. The lowest BCUT2D eigenvalue weighted by Crippen LogP contribution is -2.31. The molecule has 0 radical (unpaired) electrons. The van der Waals surface area contributed by atoms with Gasteiger partial charge in [0.2, 0.25) is 0 Å². The molecular formula is C26H36ClN3O3. The van der Waals surface area contributed by atoms with Crippen molar-refractivity contribution < 1.29 is 14.3 Å². The molecule has 33 heavy (non-hydrogen) atoms. The van der Waals surface area contributed by atoms with Crippen LogP contribution in [0.3, 0.4) is 0 Å². The molecule has 0 spiro atoms. The van der Waals surface area contributed by atoms with Gasteiger partial charge in [0, 0.05) is 30.1 Å². The summed E-state index contributed by atoms with van der Waals surface area (Å²) in [6, 6.07) is 5.74. The van der Waals surface area contributed by atoms with E-state index in [1.165, 1.54) is 25.7 Å². The molecule has 0 atom stereocenters. The van der Waals surface area contributed by atoms with Gasteiger partial charge in [-0.2, -0.15) is 5.10 Å². The van der Waals surface area contributed by atoms with E-state index < -0.39 is 0 Å². The Balaban J connectivity index is 1.52. The summed E-state index contributed by atoms with van der Waals surface area (Å²) in [4.78, 5) is 13.0. The molecule has 1 amide bonds. The molecule has 0 bridgehead atoms. The third-order valence-electron chi connectivity index (χ3n) is 7.21. The first-order valence-electron chi connectivity index (χ1n) is 12.2. The maximum atomic E-state index is 13.0. The van der Waals surface area contributed by atoms with E-state index in [0.717, 1.165) is 30.1 Å². The summed E-state index contributed by atoms with van der Waals surface area (Å²) < 4.78 is 13.4. The van der Waals surface area contributed by atoms with Gasteiger partial charge in [-0.1, -0.05) is 38.3 Å². The van der Waals surface area contributed by atoms with E-state index in [9.17, 15) is 4.79 Å². The zero-order chi connectivity index (χ0) is 23.6. The van der Waals surface area contributed by atoms with Crippen molar-refractivity contribution in [3.63, 3.8) is 0 Å². The lowest BCUT2D eigenvalue weighted by molar-refractivity contribution is 0.0936. The van der Waals surface area contributed by atoms with Crippen LogP contribution in [0, 0.1) is 17.3 Å². The first kappa shape index (κ1) is 23.9. The number of methoxy groups -OCH3 is 1. The van der Waals surface area contributed by atoms with Gasteiger partial charge in [0.1, 0.15) is 11.5 Å². The molecule has 1 aromatic heterocycles. The maximum absolute atomic E-state index is 13.0. The highest BCUT2D eigenvalue weighted by atomic mass is 35.5. The number of nitrogens with zero attached hydrogens (tertiary/aromatic N) is 2. The molecule has 6 nitrogen and oxygen atoms in total. The Morgan fingerprint density at radius 2 is 2.00 bits per heavy atom. The van der Waals surface area contributed by atoms with E-state index in [4.69, 9.17) is 21.1 Å². The van der Waals surface area contributed by atoms with Crippen LogP contribution in [-0.2, 0) is 6.54 Å². The highest BCUT2D eigenvalue weighted by Gasteiger charge is 2.38. The van der Waals surface area contributed by atoms with Crippen LogP contribution in [-0.4, -0.2) is 35.9 Å². The Morgan fingerprint density at radius 1 is 1.27 bits per heavy atom. The predicted octanol–water partition coefficient (Wildman–Crippen LogP) is 5.97. The Bertz CT molecular complexity index is 991. The summed E-state index contributed by atoms with van der Waals surface area (Å²) in [6.45, 7) is 8.48. The van der Waals surface area contributed by atoms with Crippen molar-refractivity contribution in [1.82, 2.24) is 15.1 Å². The van der Waals surface area contributed by atoms with Crippen LogP contribution in [0.4, 0.5) is 0 Å². The molecule has 0 aliphatic heterocycles. The number of hydrogen-bond donors (Lipinski definition) is 1. The number of nitrogens with one attached hydrogen (secondary N) is 1. The van der Waals surface area contributed by atoms with Crippen molar-refractivity contribution in [3.05, 3.63) is 28.9 Å². The Labute approximate surface area is 202 Å². The number of ether oxygens (including phenoxy) is 2. The van der Waals surface area contributed by atoms with Crippen molar-refractivity contribution >= 4 is 17.5 Å². The van der Waals surface area contributed by atoms with Gasteiger partial charge >= 0.3 is 0 Å². The van der Waals surface area contributed by atoms with E-state index in [-0.39, 0.29) is 11.6 Å². The second-order valence-corrected chi connectivity index (χ2v) is 10.5. The summed E-state index contributed by atoms with van der Waals surface area (Å²) in [7, 11) is 1.63. The quantitative estimate of drug-likeness (QED) is 0.487. The van der Waals surface area contributed by atoms with E-state index in [1.807, 2.05) is 25.1 Å².